The van der Waals surface area contributed by atoms with Gasteiger partial charge in [0.05, 0.1) is 5.39 Å². The van der Waals surface area contributed by atoms with Gasteiger partial charge in [0, 0.05) is 0 Å². The summed E-state index contributed by atoms with van der Waals surface area (Å²) < 4.78 is 28.7. The summed E-state index contributed by atoms with van der Waals surface area (Å²) in [4.78, 5) is 0. The Morgan fingerprint density at radius 1 is 0.850 bits per heavy atom. The van der Waals surface area contributed by atoms with E-state index in [1.807, 2.05) is 31.2 Å². The standard InChI is InChI=1S/C18H16F2/c1-3-11-5-7-14-13(9-11)10-16(19)17-15(14)8-6-12(4-2)18(17)20/h5-10H,3-4H2,1-2H3. The second kappa shape index (κ2) is 4.86. The molecule has 3 aromatic carbocycles. The first-order valence-electron chi connectivity index (χ1n) is 6.98. The zero-order chi connectivity index (χ0) is 14.3. The Hall–Kier alpha value is -1.96. The van der Waals surface area contributed by atoms with Gasteiger partial charge >= 0.3 is 0 Å². The molecule has 0 saturated heterocycles. The third-order valence-corrected chi connectivity index (χ3v) is 3.94. The summed E-state index contributed by atoms with van der Waals surface area (Å²) in [5.74, 6) is -0.905. The predicted molar refractivity (Wildman–Crippen MR) is 80.1 cm³/mol. The molecule has 0 unspecified atom stereocenters. The van der Waals surface area contributed by atoms with Crippen LogP contribution in [-0.4, -0.2) is 0 Å². The van der Waals surface area contributed by atoms with Crippen LogP contribution in [0.25, 0.3) is 21.5 Å². The van der Waals surface area contributed by atoms with Gasteiger partial charge in [-0.15, -0.1) is 0 Å². The van der Waals surface area contributed by atoms with Crippen LogP contribution in [0.15, 0.2) is 36.4 Å². The molecular weight excluding hydrogens is 254 g/mol. The molecule has 0 fully saturated rings. The normalized spacial score (nSPS) is 11.4. The summed E-state index contributed by atoms with van der Waals surface area (Å²) >= 11 is 0. The van der Waals surface area contributed by atoms with Crippen LogP contribution < -0.4 is 0 Å². The van der Waals surface area contributed by atoms with Crippen LogP contribution >= 0.6 is 0 Å². The van der Waals surface area contributed by atoms with Crippen LogP contribution in [0.2, 0.25) is 0 Å². The minimum absolute atomic E-state index is 0.112. The third kappa shape index (κ3) is 1.87. The van der Waals surface area contributed by atoms with Crippen molar-refractivity contribution in [2.75, 3.05) is 0 Å². The van der Waals surface area contributed by atoms with E-state index in [9.17, 15) is 8.78 Å². The number of hydrogen-bond acceptors (Lipinski definition) is 0. The molecule has 0 aliphatic heterocycles. The van der Waals surface area contributed by atoms with Gasteiger partial charge in [-0.3, -0.25) is 0 Å². The number of halogens is 2. The van der Waals surface area contributed by atoms with E-state index in [1.165, 1.54) is 6.07 Å². The molecule has 0 nitrogen and oxygen atoms in total. The molecule has 0 N–H and O–H groups in total. The highest BCUT2D eigenvalue weighted by Crippen LogP contribution is 2.32. The largest absolute Gasteiger partial charge is 0.206 e. The first-order chi connectivity index (χ1) is 9.65. The molecule has 0 aromatic heterocycles. The molecule has 0 aliphatic rings. The molecule has 0 amide bonds. The zero-order valence-corrected chi connectivity index (χ0v) is 11.6. The van der Waals surface area contributed by atoms with Crippen molar-refractivity contribution in [2.45, 2.75) is 26.7 Å². The van der Waals surface area contributed by atoms with Crippen molar-refractivity contribution in [1.82, 2.24) is 0 Å². The molecule has 0 bridgehead atoms. The van der Waals surface area contributed by atoms with Crippen molar-refractivity contribution in [2.24, 2.45) is 0 Å². The number of rotatable bonds is 2. The van der Waals surface area contributed by atoms with Crippen LogP contribution in [0.5, 0.6) is 0 Å². The highest BCUT2D eigenvalue weighted by atomic mass is 19.1. The van der Waals surface area contributed by atoms with Crippen LogP contribution in [0.3, 0.4) is 0 Å². The molecule has 0 spiro atoms. The van der Waals surface area contributed by atoms with E-state index in [-0.39, 0.29) is 5.39 Å². The molecule has 0 atom stereocenters. The van der Waals surface area contributed by atoms with E-state index in [1.54, 1.807) is 6.07 Å². The van der Waals surface area contributed by atoms with Crippen molar-refractivity contribution in [3.63, 3.8) is 0 Å². The van der Waals surface area contributed by atoms with Crippen LogP contribution in [0.1, 0.15) is 25.0 Å². The lowest BCUT2D eigenvalue weighted by Crippen LogP contribution is -1.93. The van der Waals surface area contributed by atoms with Gasteiger partial charge in [-0.25, -0.2) is 8.78 Å². The van der Waals surface area contributed by atoms with Gasteiger partial charge in [0.15, 0.2) is 0 Å². The third-order valence-electron chi connectivity index (χ3n) is 3.94. The van der Waals surface area contributed by atoms with E-state index < -0.39 is 11.6 Å². The minimum Gasteiger partial charge on any atom is -0.206 e. The number of fused-ring (bicyclic) bond motifs is 3. The van der Waals surface area contributed by atoms with Crippen LogP contribution in [0, 0.1) is 11.6 Å². The summed E-state index contributed by atoms with van der Waals surface area (Å²) in [6.07, 6.45) is 1.47. The van der Waals surface area contributed by atoms with Gasteiger partial charge in [0.1, 0.15) is 11.6 Å². The summed E-state index contributed by atoms with van der Waals surface area (Å²) in [6, 6.07) is 11.0. The lowest BCUT2D eigenvalue weighted by Gasteiger charge is -2.10. The Balaban J connectivity index is 2.45. The molecule has 3 rings (SSSR count). The molecule has 102 valence electrons. The molecule has 3 aromatic rings. The maximum Gasteiger partial charge on any atom is 0.137 e. The average Bonchev–Trinajstić information content (AvgIpc) is 2.46. The SMILES string of the molecule is CCc1ccc2c(c1)cc(F)c1c(F)c(CC)ccc12. The Bertz CT molecular complexity index is 803. The Kier molecular flexibility index (Phi) is 3.17. The van der Waals surface area contributed by atoms with Gasteiger partial charge in [-0.2, -0.15) is 0 Å². The lowest BCUT2D eigenvalue weighted by molar-refractivity contribution is 0.600. The maximum atomic E-state index is 14.4. The average molecular weight is 270 g/mol. The Morgan fingerprint density at radius 2 is 1.60 bits per heavy atom. The van der Waals surface area contributed by atoms with Gasteiger partial charge in [-0.1, -0.05) is 44.2 Å². The van der Waals surface area contributed by atoms with Crippen LogP contribution in [0.4, 0.5) is 8.78 Å². The van der Waals surface area contributed by atoms with Crippen molar-refractivity contribution in [1.29, 1.82) is 0 Å². The topological polar surface area (TPSA) is 0 Å². The minimum atomic E-state index is -0.478. The van der Waals surface area contributed by atoms with Crippen molar-refractivity contribution in [3.05, 3.63) is 59.2 Å². The fraction of sp³-hybridized carbons (Fsp3) is 0.222. The van der Waals surface area contributed by atoms with E-state index in [4.69, 9.17) is 0 Å². The summed E-state index contributed by atoms with van der Waals surface area (Å²) in [5.41, 5.74) is 1.71. The maximum absolute atomic E-state index is 14.4. The summed E-state index contributed by atoms with van der Waals surface area (Å²) in [7, 11) is 0. The molecule has 0 saturated carbocycles. The quantitative estimate of drug-likeness (QED) is 0.547. The highest BCUT2D eigenvalue weighted by Gasteiger charge is 2.13. The van der Waals surface area contributed by atoms with E-state index in [0.29, 0.717) is 17.4 Å². The second-order valence-electron chi connectivity index (χ2n) is 5.08. The summed E-state index contributed by atoms with van der Waals surface area (Å²) in [6.45, 7) is 3.93. The molecule has 0 aliphatic carbocycles. The molecule has 20 heavy (non-hydrogen) atoms. The predicted octanol–water partition coefficient (Wildman–Crippen LogP) is 5.40. The van der Waals surface area contributed by atoms with Gasteiger partial charge in [0.2, 0.25) is 0 Å². The second-order valence-corrected chi connectivity index (χ2v) is 5.08. The zero-order valence-electron chi connectivity index (χ0n) is 11.6. The van der Waals surface area contributed by atoms with E-state index in [0.717, 1.165) is 22.8 Å². The molecule has 0 radical (unpaired) electrons. The molecule has 2 heteroatoms. The highest BCUT2D eigenvalue weighted by molar-refractivity contribution is 6.08. The molecular formula is C18H16F2. The lowest BCUT2D eigenvalue weighted by atomic mass is 9.96. The first-order valence-corrected chi connectivity index (χ1v) is 6.98. The first kappa shape index (κ1) is 13.0. The van der Waals surface area contributed by atoms with Gasteiger partial charge in [0.25, 0.3) is 0 Å². The van der Waals surface area contributed by atoms with Gasteiger partial charge in [-0.05, 0) is 46.2 Å². The number of hydrogen-bond donors (Lipinski definition) is 0. The van der Waals surface area contributed by atoms with E-state index in [2.05, 4.69) is 6.92 Å². The smallest absolute Gasteiger partial charge is 0.137 e. The fourth-order valence-electron chi connectivity index (χ4n) is 2.76. The van der Waals surface area contributed by atoms with Gasteiger partial charge < -0.3 is 0 Å². The monoisotopic (exact) mass is 270 g/mol. The van der Waals surface area contributed by atoms with Crippen LogP contribution in [-0.2, 0) is 12.8 Å². The van der Waals surface area contributed by atoms with E-state index >= 15 is 0 Å². The fourth-order valence-corrected chi connectivity index (χ4v) is 2.76. The van der Waals surface area contributed by atoms with Crippen molar-refractivity contribution in [3.8, 4) is 0 Å². The summed E-state index contributed by atoms with van der Waals surface area (Å²) in [5, 5.41) is 2.50. The number of benzene rings is 3. The van der Waals surface area contributed by atoms with Crippen molar-refractivity contribution >= 4 is 21.5 Å². The van der Waals surface area contributed by atoms with Crippen molar-refractivity contribution < 1.29 is 8.78 Å². The molecule has 0 heterocycles. The Labute approximate surface area is 117 Å². The number of aryl methyl sites for hydroxylation is 2. The Morgan fingerprint density at radius 3 is 2.30 bits per heavy atom.